The number of carboxylic acid groups (broad SMARTS) is 1. The van der Waals surface area contributed by atoms with E-state index in [2.05, 4.69) is 20.9 Å². The minimum absolute atomic E-state index is 0.0221. The van der Waals surface area contributed by atoms with Crippen LogP contribution in [0.25, 0.3) is 0 Å². The first-order valence-corrected chi connectivity index (χ1v) is 6.49. The predicted molar refractivity (Wildman–Crippen MR) is 67.5 cm³/mol. The lowest BCUT2D eigenvalue weighted by molar-refractivity contribution is 0.0696. The summed E-state index contributed by atoms with van der Waals surface area (Å²) in [5.41, 5.74) is 0.526. The van der Waals surface area contributed by atoms with Crippen molar-refractivity contribution in [3.63, 3.8) is 0 Å². The van der Waals surface area contributed by atoms with Crippen LogP contribution < -0.4 is 4.74 Å². The Balaban J connectivity index is 2.02. The number of ether oxygens (including phenoxy) is 1. The van der Waals surface area contributed by atoms with Crippen LogP contribution in [-0.4, -0.2) is 16.1 Å². The maximum absolute atomic E-state index is 13.0. The third kappa shape index (κ3) is 3.05. The Labute approximate surface area is 114 Å². The van der Waals surface area contributed by atoms with Gasteiger partial charge in [0.25, 0.3) is 0 Å². The van der Waals surface area contributed by atoms with Gasteiger partial charge in [-0.1, -0.05) is 0 Å². The van der Waals surface area contributed by atoms with Crippen LogP contribution in [0, 0.1) is 5.82 Å². The molecular weight excluding hydrogens is 325 g/mol. The molecule has 0 saturated carbocycles. The van der Waals surface area contributed by atoms with Crippen molar-refractivity contribution in [1.29, 1.82) is 0 Å². The number of carbonyl (C=O) groups is 1. The van der Waals surface area contributed by atoms with Crippen LogP contribution in [0.3, 0.4) is 0 Å². The molecule has 0 aliphatic rings. The number of aromatic nitrogens is 1. The van der Waals surface area contributed by atoms with Gasteiger partial charge in [0.05, 0.1) is 10.2 Å². The van der Waals surface area contributed by atoms with E-state index in [4.69, 9.17) is 9.84 Å². The van der Waals surface area contributed by atoms with Crippen LogP contribution >= 0.6 is 27.3 Å². The zero-order chi connectivity index (χ0) is 13.1. The molecule has 0 amide bonds. The number of rotatable bonds is 4. The number of hydrogen-bond acceptors (Lipinski definition) is 4. The fourth-order valence-electron chi connectivity index (χ4n) is 1.20. The molecule has 0 spiro atoms. The average molecular weight is 332 g/mol. The van der Waals surface area contributed by atoms with E-state index >= 15 is 0 Å². The molecule has 1 N–H and O–H groups in total. The number of carboxylic acids is 1. The van der Waals surface area contributed by atoms with E-state index in [0.717, 1.165) is 11.3 Å². The molecule has 0 aliphatic heterocycles. The Morgan fingerprint density at radius 1 is 1.56 bits per heavy atom. The summed E-state index contributed by atoms with van der Waals surface area (Å²) in [6.45, 7) is 0.141. The molecule has 18 heavy (non-hydrogen) atoms. The van der Waals surface area contributed by atoms with Crippen LogP contribution in [0.15, 0.2) is 28.1 Å². The highest BCUT2D eigenvalue weighted by Gasteiger charge is 2.09. The molecule has 4 nitrogen and oxygen atoms in total. The van der Waals surface area contributed by atoms with Gasteiger partial charge >= 0.3 is 5.97 Å². The van der Waals surface area contributed by atoms with E-state index in [1.165, 1.54) is 18.2 Å². The van der Waals surface area contributed by atoms with Gasteiger partial charge in [-0.2, -0.15) is 0 Å². The number of halogens is 2. The summed E-state index contributed by atoms with van der Waals surface area (Å²) in [6, 6.07) is 4.27. The fourth-order valence-corrected chi connectivity index (χ4v) is 2.19. The number of benzene rings is 1. The minimum Gasteiger partial charge on any atom is -0.487 e. The van der Waals surface area contributed by atoms with E-state index in [1.807, 2.05) is 0 Å². The molecule has 94 valence electrons. The van der Waals surface area contributed by atoms with E-state index in [9.17, 15) is 9.18 Å². The number of aromatic carboxylic acids is 1. The summed E-state index contributed by atoms with van der Waals surface area (Å²) in [4.78, 5) is 14.5. The zero-order valence-electron chi connectivity index (χ0n) is 8.89. The second kappa shape index (κ2) is 5.45. The lowest BCUT2D eigenvalue weighted by atomic mass is 10.3. The van der Waals surface area contributed by atoms with Crippen LogP contribution in [0.1, 0.15) is 15.5 Å². The van der Waals surface area contributed by atoms with Crippen molar-refractivity contribution in [1.82, 2.24) is 4.98 Å². The maximum Gasteiger partial charge on any atom is 0.365 e. The maximum atomic E-state index is 13.0. The van der Waals surface area contributed by atoms with Gasteiger partial charge < -0.3 is 9.84 Å². The van der Waals surface area contributed by atoms with Crippen LogP contribution in [0.2, 0.25) is 0 Å². The first kappa shape index (κ1) is 13.0. The summed E-state index contributed by atoms with van der Waals surface area (Å²) in [6.07, 6.45) is 0. The highest BCUT2D eigenvalue weighted by atomic mass is 79.9. The molecular formula is C11H7BrFNO3S. The Morgan fingerprint density at radius 2 is 2.33 bits per heavy atom. The Bertz CT molecular complexity index is 587. The van der Waals surface area contributed by atoms with Gasteiger partial charge in [-0.05, 0) is 34.1 Å². The summed E-state index contributed by atoms with van der Waals surface area (Å²) >= 11 is 4.09. The molecule has 0 radical (unpaired) electrons. The Morgan fingerprint density at radius 3 is 2.94 bits per heavy atom. The van der Waals surface area contributed by atoms with E-state index < -0.39 is 5.97 Å². The third-order valence-corrected chi connectivity index (χ3v) is 3.50. The SMILES string of the molecule is O=C(O)c1nc(COc2ccc(F)c(Br)c2)cs1. The van der Waals surface area contributed by atoms with Crippen molar-refractivity contribution >= 4 is 33.2 Å². The molecule has 0 unspecified atom stereocenters. The molecule has 1 heterocycles. The molecule has 0 saturated heterocycles. The van der Waals surface area contributed by atoms with Crippen molar-refractivity contribution in [2.75, 3.05) is 0 Å². The first-order chi connectivity index (χ1) is 8.56. The van der Waals surface area contributed by atoms with Gasteiger partial charge in [0.1, 0.15) is 18.2 Å². The second-order valence-electron chi connectivity index (χ2n) is 3.31. The third-order valence-electron chi connectivity index (χ3n) is 2.01. The monoisotopic (exact) mass is 331 g/mol. The van der Waals surface area contributed by atoms with Crippen molar-refractivity contribution in [3.05, 3.63) is 44.6 Å². The minimum atomic E-state index is -1.06. The van der Waals surface area contributed by atoms with Gasteiger partial charge in [0.15, 0.2) is 0 Å². The van der Waals surface area contributed by atoms with E-state index in [-0.39, 0.29) is 17.4 Å². The molecule has 0 aliphatic carbocycles. The largest absolute Gasteiger partial charge is 0.487 e. The predicted octanol–water partition coefficient (Wildman–Crippen LogP) is 3.32. The second-order valence-corrected chi connectivity index (χ2v) is 5.03. The number of hydrogen-bond donors (Lipinski definition) is 1. The Hall–Kier alpha value is -1.47. The van der Waals surface area contributed by atoms with Gasteiger partial charge in [-0.15, -0.1) is 11.3 Å². The van der Waals surface area contributed by atoms with E-state index in [1.54, 1.807) is 5.38 Å². The van der Waals surface area contributed by atoms with Gasteiger partial charge in [-0.25, -0.2) is 14.2 Å². The lowest BCUT2D eigenvalue weighted by Gasteiger charge is -2.04. The molecule has 0 atom stereocenters. The van der Waals surface area contributed by atoms with Crippen molar-refractivity contribution in [3.8, 4) is 5.75 Å². The standard InChI is InChI=1S/C11H7BrFNO3S/c12-8-3-7(1-2-9(8)13)17-4-6-5-18-10(14-6)11(15)16/h1-3,5H,4H2,(H,15,16). The molecule has 2 aromatic rings. The summed E-state index contributed by atoms with van der Waals surface area (Å²) in [7, 11) is 0. The van der Waals surface area contributed by atoms with Gasteiger partial charge in [0.2, 0.25) is 5.01 Å². The summed E-state index contributed by atoms with van der Waals surface area (Å²) < 4.78 is 18.7. The highest BCUT2D eigenvalue weighted by molar-refractivity contribution is 9.10. The summed E-state index contributed by atoms with van der Waals surface area (Å²) in [5, 5.41) is 10.3. The van der Waals surface area contributed by atoms with Crippen molar-refractivity contribution in [2.24, 2.45) is 0 Å². The zero-order valence-corrected chi connectivity index (χ0v) is 11.3. The highest BCUT2D eigenvalue weighted by Crippen LogP contribution is 2.22. The van der Waals surface area contributed by atoms with Gasteiger partial charge in [0, 0.05) is 5.38 Å². The van der Waals surface area contributed by atoms with Crippen LogP contribution in [-0.2, 0) is 6.61 Å². The van der Waals surface area contributed by atoms with Crippen molar-refractivity contribution < 1.29 is 19.0 Å². The molecule has 2 rings (SSSR count). The average Bonchev–Trinajstić information content (AvgIpc) is 2.79. The van der Waals surface area contributed by atoms with E-state index in [0.29, 0.717) is 15.9 Å². The molecule has 1 aromatic heterocycles. The Kier molecular flexibility index (Phi) is 3.93. The quantitative estimate of drug-likeness (QED) is 0.933. The smallest absolute Gasteiger partial charge is 0.365 e. The topological polar surface area (TPSA) is 59.4 Å². The molecule has 0 fully saturated rings. The normalized spacial score (nSPS) is 10.3. The van der Waals surface area contributed by atoms with Crippen LogP contribution in [0.5, 0.6) is 5.75 Å². The molecule has 7 heteroatoms. The molecule has 0 bridgehead atoms. The van der Waals surface area contributed by atoms with Crippen LogP contribution in [0.4, 0.5) is 4.39 Å². The fraction of sp³-hybridized carbons (Fsp3) is 0.0909. The van der Waals surface area contributed by atoms with Gasteiger partial charge in [-0.3, -0.25) is 0 Å². The molecule has 1 aromatic carbocycles. The first-order valence-electron chi connectivity index (χ1n) is 4.82. The summed E-state index contributed by atoms with van der Waals surface area (Å²) in [5.74, 6) is -0.951. The number of nitrogens with zero attached hydrogens (tertiary/aromatic N) is 1. The number of thiazole rings is 1. The lowest BCUT2D eigenvalue weighted by Crippen LogP contribution is -1.99. The van der Waals surface area contributed by atoms with Crippen molar-refractivity contribution in [2.45, 2.75) is 6.61 Å².